The van der Waals surface area contributed by atoms with Crippen molar-refractivity contribution in [3.63, 3.8) is 0 Å². The fourth-order valence-electron chi connectivity index (χ4n) is 3.48. The summed E-state index contributed by atoms with van der Waals surface area (Å²) in [5.74, 6) is 1.33. The van der Waals surface area contributed by atoms with Crippen molar-refractivity contribution >= 4 is 50.8 Å². The molecule has 124 valence electrons. The monoisotopic (exact) mass is 376 g/mol. The summed E-state index contributed by atoms with van der Waals surface area (Å²) in [5, 5.41) is 4.22. The van der Waals surface area contributed by atoms with Gasteiger partial charge in [-0.3, -0.25) is 4.79 Å². The van der Waals surface area contributed by atoms with Crippen LogP contribution in [0.15, 0.2) is 36.4 Å². The van der Waals surface area contributed by atoms with Gasteiger partial charge in [0.05, 0.1) is 4.34 Å². The van der Waals surface area contributed by atoms with Gasteiger partial charge in [0, 0.05) is 23.1 Å². The Bertz CT molecular complexity index is 870. The van der Waals surface area contributed by atoms with E-state index in [1.54, 1.807) is 0 Å². The van der Waals surface area contributed by atoms with Crippen LogP contribution >= 0.6 is 34.7 Å². The minimum absolute atomic E-state index is 0.0431. The van der Waals surface area contributed by atoms with Gasteiger partial charge >= 0.3 is 0 Å². The second-order valence-corrected chi connectivity index (χ2v) is 8.66. The van der Waals surface area contributed by atoms with Crippen LogP contribution in [0.5, 0.6) is 0 Å². The van der Waals surface area contributed by atoms with Crippen LogP contribution in [-0.2, 0) is 6.42 Å². The van der Waals surface area contributed by atoms with E-state index in [0.717, 1.165) is 26.7 Å². The molecule has 0 bridgehead atoms. The van der Waals surface area contributed by atoms with Crippen molar-refractivity contribution in [2.75, 3.05) is 12.0 Å². The average Bonchev–Trinajstić information content (AvgIpc) is 3.19. The van der Waals surface area contributed by atoms with Crippen LogP contribution in [0, 0.1) is 0 Å². The van der Waals surface area contributed by atoms with Crippen LogP contribution in [0.1, 0.15) is 27.5 Å². The number of thioether (sulfide) groups is 1. The molecule has 2 aromatic heterocycles. The quantitative estimate of drug-likeness (QED) is 0.694. The number of rotatable bonds is 4. The molecular weight excluding hydrogens is 360 g/mol. The van der Waals surface area contributed by atoms with E-state index < -0.39 is 0 Å². The molecule has 3 aromatic rings. The number of amides is 1. The number of aromatic nitrogens is 1. The minimum atomic E-state index is -0.0431. The van der Waals surface area contributed by atoms with Gasteiger partial charge in [-0.2, -0.15) is 11.8 Å². The Kier molecular flexibility index (Phi) is 4.33. The standard InChI is InChI=1S/C18H17ClN2OS2/c1-23-9-13-12-5-3-2-4-10(12)6-14(13)20-17(22)15-7-11-8-16(19)24-18(11)21-15/h2-5,7-8,13-14,21H,6,9H2,1H3,(H,20,22)/t13-,14?/m1/s1. The maximum Gasteiger partial charge on any atom is 0.268 e. The highest BCUT2D eigenvalue weighted by atomic mass is 35.5. The molecule has 0 saturated heterocycles. The number of hydrogen-bond acceptors (Lipinski definition) is 3. The number of carbonyl (C=O) groups excluding carboxylic acids is 1. The highest BCUT2D eigenvalue weighted by molar-refractivity contribution is 7.98. The molecule has 4 rings (SSSR count). The largest absolute Gasteiger partial charge is 0.347 e. The predicted octanol–water partition coefficient (Wildman–Crippen LogP) is 4.68. The van der Waals surface area contributed by atoms with Crippen LogP contribution in [-0.4, -0.2) is 28.9 Å². The van der Waals surface area contributed by atoms with Gasteiger partial charge in [0.2, 0.25) is 0 Å². The molecule has 1 unspecified atom stereocenters. The van der Waals surface area contributed by atoms with E-state index in [9.17, 15) is 4.79 Å². The molecule has 0 saturated carbocycles. The second-order valence-electron chi connectivity index (χ2n) is 6.06. The second kappa shape index (κ2) is 6.47. The maximum absolute atomic E-state index is 12.7. The number of nitrogens with one attached hydrogen (secondary N) is 2. The molecule has 2 heterocycles. The number of benzene rings is 1. The van der Waals surface area contributed by atoms with E-state index >= 15 is 0 Å². The Balaban J connectivity index is 1.55. The smallest absolute Gasteiger partial charge is 0.268 e. The van der Waals surface area contributed by atoms with Crippen LogP contribution in [0.4, 0.5) is 0 Å². The number of H-pyrrole nitrogens is 1. The highest BCUT2D eigenvalue weighted by Crippen LogP contribution is 2.35. The molecule has 6 heteroatoms. The number of carbonyl (C=O) groups is 1. The molecule has 0 aliphatic heterocycles. The number of halogens is 1. The van der Waals surface area contributed by atoms with Gasteiger partial charge in [0.25, 0.3) is 5.91 Å². The van der Waals surface area contributed by atoms with Crippen LogP contribution in [0.2, 0.25) is 4.34 Å². The van der Waals surface area contributed by atoms with Crippen molar-refractivity contribution in [3.8, 4) is 0 Å². The van der Waals surface area contributed by atoms with Gasteiger partial charge in [0.15, 0.2) is 0 Å². The molecule has 1 aliphatic carbocycles. The zero-order valence-electron chi connectivity index (χ0n) is 13.1. The molecule has 1 aromatic carbocycles. The Morgan fingerprint density at radius 1 is 1.42 bits per heavy atom. The lowest BCUT2D eigenvalue weighted by molar-refractivity contribution is 0.0930. The molecular formula is C18H17ClN2OS2. The van der Waals surface area contributed by atoms with Gasteiger partial charge in [-0.25, -0.2) is 0 Å². The van der Waals surface area contributed by atoms with E-state index in [1.165, 1.54) is 22.5 Å². The van der Waals surface area contributed by atoms with Gasteiger partial charge in [-0.1, -0.05) is 35.9 Å². The van der Waals surface area contributed by atoms with Crippen molar-refractivity contribution in [2.24, 2.45) is 0 Å². The first-order chi connectivity index (χ1) is 11.7. The number of thiophene rings is 1. The fourth-order valence-corrected chi connectivity index (χ4v) is 5.37. The summed E-state index contributed by atoms with van der Waals surface area (Å²) in [5.41, 5.74) is 3.32. The van der Waals surface area contributed by atoms with Gasteiger partial charge < -0.3 is 10.3 Å². The van der Waals surface area contributed by atoms with Crippen LogP contribution in [0.3, 0.4) is 0 Å². The zero-order chi connectivity index (χ0) is 16.7. The lowest BCUT2D eigenvalue weighted by Gasteiger charge is -2.20. The molecule has 2 N–H and O–H groups in total. The first-order valence-electron chi connectivity index (χ1n) is 7.81. The maximum atomic E-state index is 12.7. The molecule has 0 fully saturated rings. The Morgan fingerprint density at radius 3 is 3.04 bits per heavy atom. The lowest BCUT2D eigenvalue weighted by Crippen LogP contribution is -2.38. The summed E-state index contributed by atoms with van der Waals surface area (Å²) in [6.07, 6.45) is 3.01. The van der Waals surface area contributed by atoms with Gasteiger partial charge in [-0.15, -0.1) is 11.3 Å². The van der Waals surface area contributed by atoms with Gasteiger partial charge in [-0.05, 0) is 35.9 Å². The molecule has 1 amide bonds. The van der Waals surface area contributed by atoms with E-state index in [4.69, 9.17) is 11.6 Å². The predicted molar refractivity (Wildman–Crippen MR) is 104 cm³/mol. The number of hydrogen-bond donors (Lipinski definition) is 2. The van der Waals surface area contributed by atoms with E-state index in [0.29, 0.717) is 11.6 Å². The van der Waals surface area contributed by atoms with E-state index in [2.05, 4.69) is 40.8 Å². The van der Waals surface area contributed by atoms with Gasteiger partial charge in [0.1, 0.15) is 10.5 Å². The van der Waals surface area contributed by atoms with Crippen molar-refractivity contribution in [3.05, 3.63) is 57.6 Å². The topological polar surface area (TPSA) is 44.9 Å². The fraction of sp³-hybridized carbons (Fsp3) is 0.278. The number of aromatic amines is 1. The average molecular weight is 377 g/mol. The molecule has 3 nitrogen and oxygen atoms in total. The highest BCUT2D eigenvalue weighted by Gasteiger charge is 2.33. The van der Waals surface area contributed by atoms with Crippen molar-refractivity contribution in [1.82, 2.24) is 10.3 Å². The van der Waals surface area contributed by atoms with Crippen molar-refractivity contribution < 1.29 is 4.79 Å². The third-order valence-corrected chi connectivity index (χ3v) is 6.45. The first kappa shape index (κ1) is 16.1. The zero-order valence-corrected chi connectivity index (χ0v) is 15.5. The normalized spacial score (nSPS) is 19.6. The van der Waals surface area contributed by atoms with Crippen molar-refractivity contribution in [1.29, 1.82) is 0 Å². The molecule has 1 aliphatic rings. The summed E-state index contributed by atoms with van der Waals surface area (Å²) in [6.45, 7) is 0. The van der Waals surface area contributed by atoms with E-state index in [-0.39, 0.29) is 11.9 Å². The first-order valence-corrected chi connectivity index (χ1v) is 10.4. The SMILES string of the molecule is CSC[C@@H]1c2ccccc2CC1NC(=O)c1cc2cc(Cl)sc2[nH]1. The van der Waals surface area contributed by atoms with Crippen LogP contribution < -0.4 is 5.32 Å². The Morgan fingerprint density at radius 2 is 2.25 bits per heavy atom. The van der Waals surface area contributed by atoms with Crippen molar-refractivity contribution in [2.45, 2.75) is 18.4 Å². The van der Waals surface area contributed by atoms with E-state index in [1.807, 2.05) is 23.9 Å². The summed E-state index contributed by atoms with van der Waals surface area (Å²) < 4.78 is 0.731. The third kappa shape index (κ3) is 2.85. The molecule has 0 spiro atoms. The Labute approximate surface area is 153 Å². The third-order valence-electron chi connectivity index (χ3n) is 4.57. The minimum Gasteiger partial charge on any atom is -0.347 e. The number of fused-ring (bicyclic) bond motifs is 2. The molecule has 2 atom stereocenters. The summed E-state index contributed by atoms with van der Waals surface area (Å²) >= 11 is 9.28. The Hall–Kier alpha value is -1.43. The molecule has 24 heavy (non-hydrogen) atoms. The summed E-state index contributed by atoms with van der Waals surface area (Å²) in [6, 6.07) is 12.4. The lowest BCUT2D eigenvalue weighted by atomic mass is 10.0. The molecule has 0 radical (unpaired) electrons. The summed E-state index contributed by atoms with van der Waals surface area (Å²) in [7, 11) is 0. The van der Waals surface area contributed by atoms with Crippen LogP contribution in [0.25, 0.3) is 10.2 Å². The summed E-state index contributed by atoms with van der Waals surface area (Å²) in [4.78, 5) is 16.8.